The van der Waals surface area contributed by atoms with Crippen molar-refractivity contribution >= 4 is 5.91 Å². The molecule has 1 saturated heterocycles. The van der Waals surface area contributed by atoms with Crippen LogP contribution in [0.2, 0.25) is 0 Å². The molecule has 21 heavy (non-hydrogen) atoms. The van der Waals surface area contributed by atoms with Crippen LogP contribution >= 0.6 is 0 Å². The molecule has 1 fully saturated rings. The van der Waals surface area contributed by atoms with Crippen LogP contribution in [0.1, 0.15) is 36.2 Å². The third kappa shape index (κ3) is 5.48. The predicted molar refractivity (Wildman–Crippen MR) is 86.4 cm³/mol. The SMILES string of the molecule is CC(C)CCNC(=O)c1cccc(CN2CCNCC2)c1. The molecule has 0 saturated carbocycles. The van der Waals surface area contributed by atoms with Crippen LogP contribution in [0.5, 0.6) is 0 Å². The maximum absolute atomic E-state index is 12.1. The van der Waals surface area contributed by atoms with E-state index in [1.807, 2.05) is 18.2 Å². The van der Waals surface area contributed by atoms with E-state index >= 15 is 0 Å². The summed E-state index contributed by atoms with van der Waals surface area (Å²) >= 11 is 0. The van der Waals surface area contributed by atoms with Gasteiger partial charge in [0.05, 0.1) is 0 Å². The van der Waals surface area contributed by atoms with E-state index in [2.05, 4.69) is 35.4 Å². The number of nitrogens with one attached hydrogen (secondary N) is 2. The Hall–Kier alpha value is -1.39. The number of hydrogen-bond acceptors (Lipinski definition) is 3. The van der Waals surface area contributed by atoms with Crippen LogP contribution in [0.3, 0.4) is 0 Å². The number of amides is 1. The highest BCUT2D eigenvalue weighted by Crippen LogP contribution is 2.09. The third-order valence-corrected chi connectivity index (χ3v) is 3.81. The smallest absolute Gasteiger partial charge is 0.251 e. The summed E-state index contributed by atoms with van der Waals surface area (Å²) in [5.74, 6) is 0.655. The van der Waals surface area contributed by atoms with E-state index in [-0.39, 0.29) is 5.91 Å². The summed E-state index contributed by atoms with van der Waals surface area (Å²) in [6.45, 7) is 10.3. The molecule has 116 valence electrons. The normalized spacial score (nSPS) is 16.1. The Morgan fingerprint density at radius 3 is 2.81 bits per heavy atom. The summed E-state index contributed by atoms with van der Waals surface area (Å²) in [4.78, 5) is 14.6. The molecule has 0 unspecified atom stereocenters. The molecule has 2 N–H and O–H groups in total. The summed E-state index contributed by atoms with van der Waals surface area (Å²) < 4.78 is 0. The average Bonchev–Trinajstić information content (AvgIpc) is 2.48. The molecule has 4 nitrogen and oxygen atoms in total. The fourth-order valence-electron chi connectivity index (χ4n) is 2.51. The Morgan fingerprint density at radius 2 is 2.10 bits per heavy atom. The van der Waals surface area contributed by atoms with Crippen molar-refractivity contribution in [3.8, 4) is 0 Å². The van der Waals surface area contributed by atoms with E-state index < -0.39 is 0 Å². The first kappa shape index (κ1) is 16.0. The Balaban J connectivity index is 1.88. The van der Waals surface area contributed by atoms with Crippen molar-refractivity contribution in [1.82, 2.24) is 15.5 Å². The van der Waals surface area contributed by atoms with Crippen LogP contribution in [0.4, 0.5) is 0 Å². The van der Waals surface area contributed by atoms with Gasteiger partial charge in [0.2, 0.25) is 0 Å². The second-order valence-corrected chi connectivity index (χ2v) is 6.16. The standard InChI is InChI=1S/C17H27N3O/c1-14(2)6-7-19-17(21)16-5-3-4-15(12-16)13-20-10-8-18-9-11-20/h3-5,12,14,18H,6-11,13H2,1-2H3,(H,19,21). The molecule has 0 aromatic heterocycles. The van der Waals surface area contributed by atoms with Crippen LogP contribution in [0.25, 0.3) is 0 Å². The van der Waals surface area contributed by atoms with Crippen molar-refractivity contribution in [2.24, 2.45) is 5.92 Å². The molecule has 1 amide bonds. The number of carbonyl (C=O) groups excluding carboxylic acids is 1. The molecule has 0 aliphatic carbocycles. The summed E-state index contributed by atoms with van der Waals surface area (Å²) in [6, 6.07) is 8.00. The second-order valence-electron chi connectivity index (χ2n) is 6.16. The number of rotatable bonds is 6. The van der Waals surface area contributed by atoms with Gasteiger partial charge < -0.3 is 10.6 Å². The number of nitrogens with zero attached hydrogens (tertiary/aromatic N) is 1. The molecular weight excluding hydrogens is 262 g/mol. The van der Waals surface area contributed by atoms with Gasteiger partial charge in [0.15, 0.2) is 0 Å². The molecular formula is C17H27N3O. The minimum absolute atomic E-state index is 0.0396. The molecule has 0 atom stereocenters. The summed E-state index contributed by atoms with van der Waals surface area (Å²) in [5, 5.41) is 6.36. The van der Waals surface area contributed by atoms with Gasteiger partial charge in [-0.1, -0.05) is 26.0 Å². The van der Waals surface area contributed by atoms with Crippen LogP contribution in [0, 0.1) is 5.92 Å². The van der Waals surface area contributed by atoms with Crippen LogP contribution in [-0.2, 0) is 6.54 Å². The monoisotopic (exact) mass is 289 g/mol. The lowest BCUT2D eigenvalue weighted by Gasteiger charge is -2.27. The van der Waals surface area contributed by atoms with Crippen molar-refractivity contribution in [3.05, 3.63) is 35.4 Å². The summed E-state index contributed by atoms with van der Waals surface area (Å²) in [7, 11) is 0. The van der Waals surface area contributed by atoms with E-state index in [0.29, 0.717) is 5.92 Å². The molecule has 0 radical (unpaired) electrons. The predicted octanol–water partition coefficient (Wildman–Crippen LogP) is 1.87. The molecule has 1 aliphatic rings. The first-order chi connectivity index (χ1) is 10.1. The van der Waals surface area contributed by atoms with Gasteiger partial charge >= 0.3 is 0 Å². The minimum Gasteiger partial charge on any atom is -0.352 e. The Labute approximate surface area is 127 Å². The van der Waals surface area contributed by atoms with Gasteiger partial charge in [-0.3, -0.25) is 9.69 Å². The number of hydrogen-bond donors (Lipinski definition) is 2. The first-order valence-electron chi connectivity index (χ1n) is 7.95. The molecule has 1 aliphatic heterocycles. The highest BCUT2D eigenvalue weighted by atomic mass is 16.1. The van der Waals surface area contributed by atoms with Gasteiger partial charge in [0.25, 0.3) is 5.91 Å². The zero-order valence-corrected chi connectivity index (χ0v) is 13.2. The number of carbonyl (C=O) groups is 1. The molecule has 1 aromatic rings. The average molecular weight is 289 g/mol. The summed E-state index contributed by atoms with van der Waals surface area (Å²) in [6.07, 6.45) is 1.02. The van der Waals surface area contributed by atoms with E-state index in [1.54, 1.807) is 0 Å². The van der Waals surface area contributed by atoms with E-state index in [9.17, 15) is 4.79 Å². The lowest BCUT2D eigenvalue weighted by atomic mass is 10.1. The lowest BCUT2D eigenvalue weighted by Crippen LogP contribution is -2.42. The Morgan fingerprint density at radius 1 is 1.33 bits per heavy atom. The van der Waals surface area contributed by atoms with Crippen molar-refractivity contribution in [2.75, 3.05) is 32.7 Å². The van der Waals surface area contributed by atoms with Gasteiger partial charge in [0, 0.05) is 44.8 Å². The highest BCUT2D eigenvalue weighted by Gasteiger charge is 2.11. The van der Waals surface area contributed by atoms with Gasteiger partial charge in [-0.15, -0.1) is 0 Å². The van der Waals surface area contributed by atoms with Gasteiger partial charge in [-0.2, -0.15) is 0 Å². The van der Waals surface area contributed by atoms with Gasteiger partial charge in [-0.25, -0.2) is 0 Å². The molecule has 1 heterocycles. The molecule has 1 aromatic carbocycles. The maximum atomic E-state index is 12.1. The largest absolute Gasteiger partial charge is 0.352 e. The van der Waals surface area contributed by atoms with Crippen molar-refractivity contribution < 1.29 is 4.79 Å². The molecule has 0 spiro atoms. The van der Waals surface area contributed by atoms with E-state index in [1.165, 1.54) is 5.56 Å². The fourth-order valence-corrected chi connectivity index (χ4v) is 2.51. The van der Waals surface area contributed by atoms with Gasteiger partial charge in [-0.05, 0) is 30.0 Å². The van der Waals surface area contributed by atoms with E-state index in [0.717, 1.165) is 51.3 Å². The maximum Gasteiger partial charge on any atom is 0.251 e. The van der Waals surface area contributed by atoms with Crippen LogP contribution in [0.15, 0.2) is 24.3 Å². The fraction of sp³-hybridized carbons (Fsp3) is 0.588. The Kier molecular flexibility index (Phi) is 6.21. The molecule has 0 bridgehead atoms. The van der Waals surface area contributed by atoms with Crippen molar-refractivity contribution in [2.45, 2.75) is 26.8 Å². The highest BCUT2D eigenvalue weighted by molar-refractivity contribution is 5.94. The van der Waals surface area contributed by atoms with Crippen LogP contribution in [-0.4, -0.2) is 43.5 Å². The van der Waals surface area contributed by atoms with Crippen LogP contribution < -0.4 is 10.6 Å². The zero-order valence-electron chi connectivity index (χ0n) is 13.2. The lowest BCUT2D eigenvalue weighted by molar-refractivity contribution is 0.0952. The number of piperazine rings is 1. The second kappa shape index (κ2) is 8.15. The zero-order chi connectivity index (χ0) is 15.1. The Bertz CT molecular complexity index is 453. The number of benzene rings is 1. The van der Waals surface area contributed by atoms with Crippen molar-refractivity contribution in [3.63, 3.8) is 0 Å². The van der Waals surface area contributed by atoms with E-state index in [4.69, 9.17) is 0 Å². The molecule has 4 heteroatoms. The molecule has 2 rings (SSSR count). The minimum atomic E-state index is 0.0396. The van der Waals surface area contributed by atoms with Crippen molar-refractivity contribution in [1.29, 1.82) is 0 Å². The quantitative estimate of drug-likeness (QED) is 0.840. The first-order valence-corrected chi connectivity index (χ1v) is 7.95. The van der Waals surface area contributed by atoms with Gasteiger partial charge in [0.1, 0.15) is 0 Å². The summed E-state index contributed by atoms with van der Waals surface area (Å²) in [5.41, 5.74) is 1.99. The topological polar surface area (TPSA) is 44.4 Å². The third-order valence-electron chi connectivity index (χ3n) is 3.81.